The number of nitrogens with one attached hydrogen (secondary N) is 3. The van der Waals surface area contributed by atoms with Gasteiger partial charge in [-0.1, -0.05) is 54.6 Å². The van der Waals surface area contributed by atoms with Crippen LogP contribution in [-0.2, 0) is 26.0 Å². The van der Waals surface area contributed by atoms with Crippen LogP contribution in [0.4, 0.5) is 4.79 Å². The van der Waals surface area contributed by atoms with Gasteiger partial charge in [-0.05, 0) is 93.8 Å². The van der Waals surface area contributed by atoms with Crippen molar-refractivity contribution in [2.45, 2.75) is 89.5 Å². The molecule has 6 N–H and O–H groups in total. The lowest BCUT2D eigenvalue weighted by Crippen LogP contribution is -2.52. The van der Waals surface area contributed by atoms with Crippen LogP contribution in [0.15, 0.2) is 82.1 Å². The van der Waals surface area contributed by atoms with Crippen molar-refractivity contribution < 1.29 is 32.6 Å². The third kappa shape index (κ3) is 11.5. The van der Waals surface area contributed by atoms with Crippen molar-refractivity contribution in [3.8, 4) is 16.9 Å². The van der Waals surface area contributed by atoms with Gasteiger partial charge in [-0.25, -0.2) is 22.9 Å². The Kier molecular flexibility index (Phi) is 14.2. The maximum absolute atomic E-state index is 13.9. The number of hydrogen-bond donors (Lipinski definition) is 5. The number of ether oxygens (including phenoxy) is 2. The Labute approximate surface area is 321 Å². The van der Waals surface area contributed by atoms with Crippen LogP contribution in [0.3, 0.4) is 0 Å². The van der Waals surface area contributed by atoms with E-state index in [9.17, 15) is 23.1 Å². The second kappa shape index (κ2) is 18.4. The van der Waals surface area contributed by atoms with E-state index in [4.69, 9.17) is 15.2 Å². The molecule has 0 aliphatic heterocycles. The van der Waals surface area contributed by atoms with Gasteiger partial charge >= 0.3 is 6.09 Å². The van der Waals surface area contributed by atoms with Crippen molar-refractivity contribution in [2.24, 2.45) is 10.7 Å². The molecule has 13 nitrogen and oxygen atoms in total. The van der Waals surface area contributed by atoms with Crippen LogP contribution < -0.4 is 25.8 Å². The zero-order chi connectivity index (χ0) is 39.6. The number of amides is 2. The van der Waals surface area contributed by atoms with E-state index in [0.29, 0.717) is 33.9 Å². The quantitative estimate of drug-likeness (QED) is 0.0591. The molecule has 0 fully saturated rings. The number of sulfonamides is 1. The zero-order valence-corrected chi connectivity index (χ0v) is 33.3. The molecule has 290 valence electrons. The monoisotopic (exact) mass is 778 g/mol. The highest BCUT2D eigenvalue weighted by molar-refractivity contribution is 7.90. The van der Waals surface area contributed by atoms with Crippen molar-refractivity contribution >= 4 is 39.3 Å². The van der Waals surface area contributed by atoms with Crippen LogP contribution in [-0.4, -0.2) is 67.8 Å². The lowest BCUT2D eigenvalue weighted by atomic mass is 9.99. The van der Waals surface area contributed by atoms with Gasteiger partial charge in [0.2, 0.25) is 11.9 Å². The van der Waals surface area contributed by atoms with Crippen LogP contribution in [0, 0.1) is 20.8 Å². The number of hydrogen-bond acceptors (Lipinski definition) is 10. The van der Waals surface area contributed by atoms with Gasteiger partial charge in [0.25, 0.3) is 10.0 Å². The van der Waals surface area contributed by atoms with Crippen LogP contribution in [0.1, 0.15) is 67.0 Å². The number of thiazole rings is 1. The number of aliphatic hydroxyl groups excluding tert-OH is 1. The lowest BCUT2D eigenvalue weighted by molar-refractivity contribution is -0.124. The first kappa shape index (κ1) is 41.8. The van der Waals surface area contributed by atoms with Gasteiger partial charge in [0, 0.05) is 24.5 Å². The summed E-state index contributed by atoms with van der Waals surface area (Å²) >= 11 is 1.23. The molecule has 1 aromatic heterocycles. The van der Waals surface area contributed by atoms with E-state index in [1.165, 1.54) is 18.4 Å². The Morgan fingerprint density at radius 3 is 2.28 bits per heavy atom. The number of aromatic nitrogens is 1. The molecule has 0 saturated heterocycles. The summed E-state index contributed by atoms with van der Waals surface area (Å²) in [5.41, 5.74) is 9.79. The van der Waals surface area contributed by atoms with Gasteiger partial charge in [0.1, 0.15) is 28.5 Å². The van der Waals surface area contributed by atoms with Crippen molar-refractivity contribution in [1.29, 1.82) is 0 Å². The van der Waals surface area contributed by atoms with E-state index < -0.39 is 45.8 Å². The fourth-order valence-electron chi connectivity index (χ4n) is 5.88. The molecule has 3 atom stereocenters. The second-order valence-corrected chi connectivity index (χ2v) is 16.4. The number of nitrogens with two attached hydrogens (primary N) is 1. The Morgan fingerprint density at radius 2 is 1.67 bits per heavy atom. The molecular weight excluding hydrogens is 729 g/mol. The molecule has 0 aliphatic carbocycles. The Balaban J connectivity index is 1.49. The molecule has 1 unspecified atom stereocenters. The normalized spacial score (nSPS) is 13.7. The number of aliphatic hydroxyl groups is 1. The summed E-state index contributed by atoms with van der Waals surface area (Å²) in [4.78, 5) is 35.4. The molecule has 1 heterocycles. The number of aliphatic imine (C=N–C) groups is 1. The third-order valence-corrected chi connectivity index (χ3v) is 11.1. The van der Waals surface area contributed by atoms with E-state index in [-0.39, 0.29) is 30.2 Å². The predicted octanol–water partition coefficient (Wildman–Crippen LogP) is 5.47. The average molecular weight is 779 g/mol. The van der Waals surface area contributed by atoms with Crippen LogP contribution in [0.25, 0.3) is 11.1 Å². The maximum Gasteiger partial charge on any atom is 0.408 e. The molecule has 15 heteroatoms. The molecule has 2 amide bonds. The second-order valence-electron chi connectivity index (χ2n) is 13.9. The fraction of sp³-hybridized carbons (Fsp3) is 0.385. The lowest BCUT2D eigenvalue weighted by Gasteiger charge is -2.27. The largest absolute Gasteiger partial charge is 0.496 e. The van der Waals surface area contributed by atoms with Gasteiger partial charge in [0.15, 0.2) is 0 Å². The molecule has 54 heavy (non-hydrogen) atoms. The summed E-state index contributed by atoms with van der Waals surface area (Å²) in [6, 6.07) is 17.3. The van der Waals surface area contributed by atoms with Crippen molar-refractivity contribution in [3.63, 3.8) is 0 Å². The summed E-state index contributed by atoms with van der Waals surface area (Å²) in [6.07, 6.45) is 0.290. The van der Waals surface area contributed by atoms with E-state index in [1.54, 1.807) is 59.2 Å². The molecular formula is C39H50N6O7S2. The van der Waals surface area contributed by atoms with E-state index in [1.807, 2.05) is 54.6 Å². The van der Waals surface area contributed by atoms with Gasteiger partial charge in [-0.2, -0.15) is 0 Å². The minimum atomic E-state index is -4.06. The standard InChI is InChI=1S/C39H50N6O7S2/c1-24-22-32(51-7)25(2)26(3)34(24)54(49,50)45-37(40)42-19-11-14-30(33(46)36-41-20-21-53-36)43-35(47)31(44-38(48)52-39(4,5)6)23-27-15-17-29(18-16-27)28-12-9-8-10-13-28/h8-10,12-13,15-18,20-22,30-31,33,46H,11,14,19,23H2,1-7H3,(H,43,47)(H,44,48)(H3,40,42,45)/t30-,31-,33?/m0/s1. The predicted molar refractivity (Wildman–Crippen MR) is 211 cm³/mol. The van der Waals surface area contributed by atoms with Gasteiger partial charge in [-0.3, -0.25) is 9.79 Å². The summed E-state index contributed by atoms with van der Waals surface area (Å²) in [5.74, 6) is -0.259. The number of rotatable bonds is 15. The highest BCUT2D eigenvalue weighted by Gasteiger charge is 2.30. The molecule has 0 saturated carbocycles. The van der Waals surface area contributed by atoms with Gasteiger partial charge in [0.05, 0.1) is 18.0 Å². The Hall–Kier alpha value is -4.99. The Morgan fingerprint density at radius 1 is 1.00 bits per heavy atom. The molecule has 3 aromatic carbocycles. The molecule has 0 aliphatic rings. The summed E-state index contributed by atoms with van der Waals surface area (Å²) in [7, 11) is -2.54. The average Bonchev–Trinajstić information content (AvgIpc) is 3.65. The number of aryl methyl sites for hydroxylation is 1. The molecule has 4 rings (SSSR count). The number of guanidine groups is 1. The van der Waals surface area contributed by atoms with Crippen molar-refractivity contribution in [1.82, 2.24) is 20.3 Å². The first-order valence-corrected chi connectivity index (χ1v) is 19.8. The first-order chi connectivity index (χ1) is 25.5. The van der Waals surface area contributed by atoms with Crippen molar-refractivity contribution in [2.75, 3.05) is 13.7 Å². The Bertz CT molecular complexity index is 2010. The molecule has 0 spiro atoms. The first-order valence-electron chi connectivity index (χ1n) is 17.5. The smallest absolute Gasteiger partial charge is 0.408 e. The highest BCUT2D eigenvalue weighted by Crippen LogP contribution is 2.30. The number of nitrogens with zero attached hydrogens (tertiary/aromatic N) is 2. The minimum absolute atomic E-state index is 0.0816. The van der Waals surface area contributed by atoms with Crippen molar-refractivity contribution in [3.05, 3.63) is 99.5 Å². The number of carbonyl (C=O) groups excluding carboxylic acids is 2. The van der Waals surface area contributed by atoms with Crippen LogP contribution in [0.5, 0.6) is 5.75 Å². The third-order valence-electron chi connectivity index (χ3n) is 8.58. The number of carbonyl (C=O) groups is 2. The number of methoxy groups -OCH3 is 1. The van der Waals surface area contributed by atoms with Gasteiger partial charge in [-0.15, -0.1) is 11.3 Å². The van der Waals surface area contributed by atoms with E-state index in [2.05, 4.69) is 25.3 Å². The summed E-state index contributed by atoms with van der Waals surface area (Å²) in [5, 5.41) is 19.0. The number of alkyl carbamates (subject to hydrolysis) is 1. The van der Waals surface area contributed by atoms with Crippen LogP contribution in [0.2, 0.25) is 0 Å². The zero-order valence-electron chi connectivity index (χ0n) is 31.7. The molecule has 4 aromatic rings. The van der Waals surface area contributed by atoms with E-state index >= 15 is 0 Å². The highest BCUT2D eigenvalue weighted by atomic mass is 32.2. The molecule has 0 bridgehead atoms. The summed E-state index contributed by atoms with van der Waals surface area (Å²) < 4.78 is 39.8. The fourth-order valence-corrected chi connectivity index (χ4v) is 8.05. The van der Waals surface area contributed by atoms with Crippen LogP contribution >= 0.6 is 11.3 Å². The SMILES string of the molecule is COc1cc(C)c(S(=O)(=O)NC(N)=NCCC[C@H](NC(=O)[C@H](Cc2ccc(-c3ccccc3)cc2)NC(=O)OC(C)(C)C)C(O)c2nccs2)c(C)c1C. The summed E-state index contributed by atoms with van der Waals surface area (Å²) in [6.45, 7) is 10.4. The maximum atomic E-state index is 13.9. The molecule has 0 radical (unpaired) electrons. The number of benzene rings is 3. The van der Waals surface area contributed by atoms with E-state index in [0.717, 1.165) is 16.7 Å². The van der Waals surface area contributed by atoms with Gasteiger partial charge < -0.3 is 30.9 Å². The minimum Gasteiger partial charge on any atom is -0.496 e. The topological polar surface area (TPSA) is 194 Å².